The molecule has 2 rings (SSSR count). The van der Waals surface area contributed by atoms with E-state index in [4.69, 9.17) is 10.00 Å². The molecule has 0 bridgehead atoms. The average Bonchev–Trinajstić information content (AvgIpc) is 2.58. The van der Waals surface area contributed by atoms with Gasteiger partial charge >= 0.3 is 6.09 Å². The Labute approximate surface area is 128 Å². The standard InChI is InChI=1S/C17H15N3O2/c18-12-16-15(8-4-10-19-16)9-5-11-20-17(21)22-13-14-6-2-1-3-7-14/h1-10H,11,13H2,(H,20,21). The highest BCUT2D eigenvalue weighted by molar-refractivity contribution is 5.67. The molecule has 0 aliphatic heterocycles. The summed E-state index contributed by atoms with van der Waals surface area (Å²) in [4.78, 5) is 15.5. The molecule has 0 unspecified atom stereocenters. The van der Waals surface area contributed by atoms with Crippen LogP contribution in [-0.2, 0) is 11.3 Å². The van der Waals surface area contributed by atoms with Gasteiger partial charge in [-0.3, -0.25) is 0 Å². The van der Waals surface area contributed by atoms with Crippen LogP contribution in [-0.4, -0.2) is 17.6 Å². The van der Waals surface area contributed by atoms with Crippen LogP contribution < -0.4 is 5.32 Å². The number of benzene rings is 1. The van der Waals surface area contributed by atoms with Crippen LogP contribution in [0.25, 0.3) is 6.08 Å². The molecular weight excluding hydrogens is 278 g/mol. The van der Waals surface area contributed by atoms with Crippen molar-refractivity contribution in [2.45, 2.75) is 6.61 Å². The second-order valence-corrected chi connectivity index (χ2v) is 4.40. The number of nitrogens with one attached hydrogen (secondary N) is 1. The number of nitrogens with zero attached hydrogens (tertiary/aromatic N) is 2. The van der Waals surface area contributed by atoms with E-state index < -0.39 is 6.09 Å². The third-order valence-electron chi connectivity index (χ3n) is 2.82. The van der Waals surface area contributed by atoms with Gasteiger partial charge in [0.05, 0.1) is 0 Å². The summed E-state index contributed by atoms with van der Waals surface area (Å²) in [6.07, 6.45) is 4.56. The van der Waals surface area contributed by atoms with E-state index in [0.29, 0.717) is 17.8 Å². The highest BCUT2D eigenvalue weighted by Crippen LogP contribution is 2.05. The Balaban J connectivity index is 1.75. The van der Waals surface area contributed by atoms with Crippen LogP contribution >= 0.6 is 0 Å². The van der Waals surface area contributed by atoms with Crippen LogP contribution in [0.2, 0.25) is 0 Å². The monoisotopic (exact) mass is 293 g/mol. The Morgan fingerprint density at radius 2 is 2.09 bits per heavy atom. The smallest absolute Gasteiger partial charge is 0.407 e. The van der Waals surface area contributed by atoms with Gasteiger partial charge in [-0.1, -0.05) is 48.6 Å². The average molecular weight is 293 g/mol. The van der Waals surface area contributed by atoms with Crippen molar-refractivity contribution in [3.8, 4) is 6.07 Å². The Kier molecular flexibility index (Phi) is 5.70. The van der Waals surface area contributed by atoms with Crippen molar-refractivity contribution >= 4 is 12.2 Å². The normalized spacial score (nSPS) is 10.1. The van der Waals surface area contributed by atoms with Gasteiger partial charge in [0.25, 0.3) is 0 Å². The van der Waals surface area contributed by atoms with Crippen molar-refractivity contribution in [2.24, 2.45) is 0 Å². The zero-order chi connectivity index (χ0) is 15.6. The van der Waals surface area contributed by atoms with Crippen molar-refractivity contribution < 1.29 is 9.53 Å². The van der Waals surface area contributed by atoms with Gasteiger partial charge in [0.15, 0.2) is 0 Å². The minimum absolute atomic E-state index is 0.234. The summed E-state index contributed by atoms with van der Waals surface area (Å²) in [5.41, 5.74) is 2.00. The lowest BCUT2D eigenvalue weighted by molar-refractivity contribution is 0.141. The number of hydrogen-bond donors (Lipinski definition) is 1. The number of carbonyl (C=O) groups excluding carboxylic acids is 1. The molecule has 0 saturated carbocycles. The Morgan fingerprint density at radius 1 is 1.27 bits per heavy atom. The molecule has 110 valence electrons. The first-order valence-electron chi connectivity index (χ1n) is 6.76. The van der Waals surface area contributed by atoms with E-state index in [0.717, 1.165) is 5.56 Å². The van der Waals surface area contributed by atoms with Crippen molar-refractivity contribution in [3.05, 3.63) is 71.6 Å². The highest BCUT2D eigenvalue weighted by atomic mass is 16.5. The predicted molar refractivity (Wildman–Crippen MR) is 82.6 cm³/mol. The number of hydrogen-bond acceptors (Lipinski definition) is 4. The van der Waals surface area contributed by atoms with Crippen LogP contribution in [0.15, 0.2) is 54.7 Å². The van der Waals surface area contributed by atoms with Crippen molar-refractivity contribution in [1.29, 1.82) is 5.26 Å². The highest BCUT2D eigenvalue weighted by Gasteiger charge is 2.01. The van der Waals surface area contributed by atoms with Crippen LogP contribution in [0.4, 0.5) is 4.79 Å². The summed E-state index contributed by atoms with van der Waals surface area (Å²) in [5, 5.41) is 11.5. The predicted octanol–water partition coefficient (Wildman–Crippen LogP) is 2.89. The van der Waals surface area contributed by atoms with Gasteiger partial charge < -0.3 is 10.1 Å². The first kappa shape index (κ1) is 15.3. The van der Waals surface area contributed by atoms with Crippen LogP contribution in [0.1, 0.15) is 16.8 Å². The van der Waals surface area contributed by atoms with E-state index in [1.165, 1.54) is 0 Å². The van der Waals surface area contributed by atoms with Gasteiger partial charge in [0.1, 0.15) is 18.4 Å². The first-order chi connectivity index (χ1) is 10.8. The molecular formula is C17H15N3O2. The molecule has 0 aliphatic carbocycles. The van der Waals surface area contributed by atoms with Crippen molar-refractivity contribution in [3.63, 3.8) is 0 Å². The maximum absolute atomic E-state index is 11.5. The first-order valence-corrected chi connectivity index (χ1v) is 6.76. The minimum atomic E-state index is -0.486. The van der Waals surface area contributed by atoms with Gasteiger partial charge in [0.2, 0.25) is 0 Å². The third-order valence-corrected chi connectivity index (χ3v) is 2.82. The van der Waals surface area contributed by atoms with Gasteiger partial charge in [-0.15, -0.1) is 0 Å². The Bertz CT molecular complexity index is 691. The summed E-state index contributed by atoms with van der Waals surface area (Å²) in [6, 6.07) is 15.0. The van der Waals surface area contributed by atoms with E-state index in [1.807, 2.05) is 36.4 Å². The van der Waals surface area contributed by atoms with E-state index >= 15 is 0 Å². The molecule has 1 heterocycles. The fraction of sp³-hybridized carbons (Fsp3) is 0.118. The fourth-order valence-electron chi connectivity index (χ4n) is 1.75. The molecule has 0 fully saturated rings. The number of alkyl carbamates (subject to hydrolysis) is 1. The van der Waals surface area contributed by atoms with E-state index in [1.54, 1.807) is 30.5 Å². The van der Waals surface area contributed by atoms with Crippen LogP contribution in [0, 0.1) is 11.3 Å². The zero-order valence-electron chi connectivity index (χ0n) is 11.9. The second-order valence-electron chi connectivity index (χ2n) is 4.40. The molecule has 1 aromatic carbocycles. The minimum Gasteiger partial charge on any atom is -0.445 e. The number of amides is 1. The maximum Gasteiger partial charge on any atom is 0.407 e. The lowest BCUT2D eigenvalue weighted by Gasteiger charge is -2.05. The quantitative estimate of drug-likeness (QED) is 0.919. The fourth-order valence-corrected chi connectivity index (χ4v) is 1.75. The van der Waals surface area contributed by atoms with Gasteiger partial charge in [-0.25, -0.2) is 9.78 Å². The number of pyridine rings is 1. The molecule has 0 spiro atoms. The summed E-state index contributed by atoms with van der Waals surface area (Å²) in [6.45, 7) is 0.547. The van der Waals surface area contributed by atoms with Crippen LogP contribution in [0.3, 0.4) is 0 Å². The molecule has 0 aliphatic rings. The zero-order valence-corrected chi connectivity index (χ0v) is 11.9. The molecule has 5 heteroatoms. The molecule has 1 aromatic heterocycles. The summed E-state index contributed by atoms with van der Waals surface area (Å²) >= 11 is 0. The molecule has 0 atom stereocenters. The van der Waals surface area contributed by atoms with E-state index in [-0.39, 0.29) is 6.61 Å². The summed E-state index contributed by atoms with van der Waals surface area (Å²) in [5.74, 6) is 0. The SMILES string of the molecule is N#Cc1ncccc1C=CCNC(=O)OCc1ccccc1. The topological polar surface area (TPSA) is 75.0 Å². The molecule has 5 nitrogen and oxygen atoms in total. The van der Waals surface area contributed by atoms with Crippen molar-refractivity contribution in [2.75, 3.05) is 6.54 Å². The lowest BCUT2D eigenvalue weighted by Crippen LogP contribution is -2.24. The number of aromatic nitrogens is 1. The van der Waals surface area contributed by atoms with Crippen molar-refractivity contribution in [1.82, 2.24) is 10.3 Å². The summed E-state index contributed by atoms with van der Waals surface area (Å²) < 4.78 is 5.08. The Morgan fingerprint density at radius 3 is 2.86 bits per heavy atom. The number of ether oxygens (including phenoxy) is 1. The Hall–Kier alpha value is -3.13. The molecule has 0 radical (unpaired) electrons. The molecule has 0 saturated heterocycles. The van der Waals surface area contributed by atoms with Gasteiger partial charge in [-0.2, -0.15) is 5.26 Å². The molecule has 2 aromatic rings. The van der Waals surface area contributed by atoms with E-state index in [9.17, 15) is 4.79 Å². The largest absolute Gasteiger partial charge is 0.445 e. The number of rotatable bonds is 5. The third kappa shape index (κ3) is 4.76. The van der Waals surface area contributed by atoms with E-state index in [2.05, 4.69) is 10.3 Å². The molecule has 1 amide bonds. The lowest BCUT2D eigenvalue weighted by atomic mass is 10.2. The molecule has 1 N–H and O–H groups in total. The molecule has 22 heavy (non-hydrogen) atoms. The van der Waals surface area contributed by atoms with Gasteiger partial charge in [0, 0.05) is 18.3 Å². The van der Waals surface area contributed by atoms with Crippen LogP contribution in [0.5, 0.6) is 0 Å². The second kappa shape index (κ2) is 8.22. The van der Waals surface area contributed by atoms with Gasteiger partial charge in [-0.05, 0) is 11.6 Å². The number of nitriles is 1. The number of carbonyl (C=O) groups is 1. The summed E-state index contributed by atoms with van der Waals surface area (Å²) in [7, 11) is 0. The maximum atomic E-state index is 11.5.